The number of carbonyl (C=O) groups is 2. The summed E-state index contributed by atoms with van der Waals surface area (Å²) >= 11 is 0. The van der Waals surface area contributed by atoms with Crippen molar-refractivity contribution in [3.63, 3.8) is 0 Å². The van der Waals surface area contributed by atoms with Crippen LogP contribution in [-0.4, -0.2) is 45.2 Å². The molecule has 6 heteroatoms. The van der Waals surface area contributed by atoms with Gasteiger partial charge in [0.05, 0.1) is 5.41 Å². The van der Waals surface area contributed by atoms with E-state index in [0.29, 0.717) is 31.0 Å². The Morgan fingerprint density at radius 2 is 2.25 bits per heavy atom. The number of likely N-dealkylation sites (tertiary alicyclic amines) is 1. The molecular formula is C14H19N3O3. The third-order valence-corrected chi connectivity index (χ3v) is 4.33. The zero-order valence-corrected chi connectivity index (χ0v) is 11.6. The van der Waals surface area contributed by atoms with Gasteiger partial charge in [0.1, 0.15) is 5.69 Å². The predicted octanol–water partition coefficient (Wildman–Crippen LogP) is 1.61. The maximum absolute atomic E-state index is 12.4. The van der Waals surface area contributed by atoms with Gasteiger partial charge in [0, 0.05) is 24.7 Å². The lowest BCUT2D eigenvalue weighted by atomic mass is 9.82. The van der Waals surface area contributed by atoms with Crippen LogP contribution in [0.15, 0.2) is 6.07 Å². The minimum Gasteiger partial charge on any atom is -0.481 e. The highest BCUT2D eigenvalue weighted by atomic mass is 16.4. The fourth-order valence-corrected chi connectivity index (χ4v) is 2.80. The first kappa shape index (κ1) is 13.1. The Kier molecular flexibility index (Phi) is 3.03. The maximum atomic E-state index is 12.4. The van der Waals surface area contributed by atoms with Crippen molar-refractivity contribution in [2.45, 2.75) is 38.5 Å². The van der Waals surface area contributed by atoms with Crippen LogP contribution in [0.25, 0.3) is 0 Å². The second-order valence-electron chi connectivity index (χ2n) is 6.18. The number of hydrogen-bond donors (Lipinski definition) is 2. The van der Waals surface area contributed by atoms with Crippen molar-refractivity contribution >= 4 is 11.9 Å². The second kappa shape index (κ2) is 4.61. The van der Waals surface area contributed by atoms with Gasteiger partial charge < -0.3 is 10.0 Å². The average molecular weight is 277 g/mol. The highest BCUT2D eigenvalue weighted by molar-refractivity contribution is 5.93. The average Bonchev–Trinajstić information content (AvgIpc) is 3.16. The monoisotopic (exact) mass is 277 g/mol. The summed E-state index contributed by atoms with van der Waals surface area (Å²) in [5.74, 6) is -0.481. The lowest BCUT2D eigenvalue weighted by Gasteiger charge is -2.37. The molecule has 0 aromatic carbocycles. The standard InChI is InChI=1S/C14H19N3O3/c1-14(13(19)20)5-2-6-17(8-14)12(18)11-7-10(15-16-11)9-3-4-9/h7,9H,2-6,8H2,1H3,(H,15,16)(H,19,20). The third kappa shape index (κ3) is 2.30. The molecule has 108 valence electrons. The number of H-pyrrole nitrogens is 1. The maximum Gasteiger partial charge on any atom is 0.311 e. The normalized spacial score (nSPS) is 26.6. The Hall–Kier alpha value is -1.85. The van der Waals surface area contributed by atoms with Crippen molar-refractivity contribution in [1.82, 2.24) is 15.1 Å². The molecule has 1 unspecified atom stereocenters. The zero-order chi connectivity index (χ0) is 14.3. The van der Waals surface area contributed by atoms with E-state index in [9.17, 15) is 14.7 Å². The van der Waals surface area contributed by atoms with Crippen molar-refractivity contribution in [1.29, 1.82) is 0 Å². The number of rotatable bonds is 3. The number of aliphatic carboxylic acids is 1. The number of piperidine rings is 1. The minimum absolute atomic E-state index is 0.166. The van der Waals surface area contributed by atoms with Crippen molar-refractivity contribution in [3.05, 3.63) is 17.5 Å². The van der Waals surface area contributed by atoms with Crippen LogP contribution in [-0.2, 0) is 4.79 Å². The zero-order valence-electron chi connectivity index (χ0n) is 11.6. The summed E-state index contributed by atoms with van der Waals surface area (Å²) in [6.45, 7) is 2.56. The van der Waals surface area contributed by atoms with Crippen molar-refractivity contribution < 1.29 is 14.7 Å². The molecule has 6 nitrogen and oxygen atoms in total. The number of carbonyl (C=O) groups excluding carboxylic acids is 1. The van der Waals surface area contributed by atoms with Crippen LogP contribution < -0.4 is 0 Å². The van der Waals surface area contributed by atoms with Crippen LogP contribution in [0, 0.1) is 5.41 Å². The van der Waals surface area contributed by atoms with Crippen LogP contribution in [0.2, 0.25) is 0 Å². The van der Waals surface area contributed by atoms with E-state index in [0.717, 1.165) is 18.5 Å². The Morgan fingerprint density at radius 1 is 1.50 bits per heavy atom. The van der Waals surface area contributed by atoms with E-state index in [-0.39, 0.29) is 12.5 Å². The van der Waals surface area contributed by atoms with E-state index >= 15 is 0 Å². The molecule has 0 spiro atoms. The fraction of sp³-hybridized carbons (Fsp3) is 0.643. The lowest BCUT2D eigenvalue weighted by Crippen LogP contribution is -2.48. The smallest absolute Gasteiger partial charge is 0.311 e. The summed E-state index contributed by atoms with van der Waals surface area (Å²) in [6.07, 6.45) is 3.63. The molecule has 2 fully saturated rings. The molecule has 1 amide bonds. The summed E-state index contributed by atoms with van der Waals surface area (Å²) < 4.78 is 0. The lowest BCUT2D eigenvalue weighted by molar-refractivity contribution is -0.150. The van der Waals surface area contributed by atoms with Crippen molar-refractivity contribution in [2.75, 3.05) is 13.1 Å². The van der Waals surface area contributed by atoms with E-state index in [2.05, 4.69) is 10.2 Å². The number of aromatic nitrogens is 2. The van der Waals surface area contributed by atoms with Gasteiger partial charge in [-0.05, 0) is 38.7 Å². The SMILES string of the molecule is CC1(C(=O)O)CCCN(C(=O)c2cc(C3CC3)[nH]n2)C1. The molecule has 1 aromatic heterocycles. The van der Waals surface area contributed by atoms with Gasteiger partial charge in [0.2, 0.25) is 0 Å². The van der Waals surface area contributed by atoms with Crippen molar-refractivity contribution in [3.8, 4) is 0 Å². The Morgan fingerprint density at radius 3 is 2.90 bits per heavy atom. The number of aromatic amines is 1. The minimum atomic E-state index is -0.844. The Bertz CT molecular complexity index is 550. The summed E-state index contributed by atoms with van der Waals surface area (Å²) in [6, 6.07) is 1.81. The van der Waals surface area contributed by atoms with E-state index < -0.39 is 11.4 Å². The second-order valence-corrected chi connectivity index (χ2v) is 6.18. The predicted molar refractivity (Wildman–Crippen MR) is 71.4 cm³/mol. The van der Waals surface area contributed by atoms with Crippen LogP contribution in [0.5, 0.6) is 0 Å². The number of carboxylic acids is 1. The molecule has 2 aliphatic rings. The molecule has 1 saturated heterocycles. The van der Waals surface area contributed by atoms with E-state index in [4.69, 9.17) is 0 Å². The van der Waals surface area contributed by atoms with Crippen LogP contribution >= 0.6 is 0 Å². The van der Waals surface area contributed by atoms with E-state index in [1.165, 1.54) is 0 Å². The summed E-state index contributed by atoms with van der Waals surface area (Å²) in [5, 5.41) is 16.3. The number of nitrogens with zero attached hydrogens (tertiary/aromatic N) is 2. The molecular weight excluding hydrogens is 258 g/mol. The van der Waals surface area contributed by atoms with E-state index in [1.54, 1.807) is 11.8 Å². The Labute approximate surface area is 117 Å². The van der Waals surface area contributed by atoms with E-state index in [1.807, 2.05) is 6.07 Å². The molecule has 2 heterocycles. The first-order valence-corrected chi connectivity index (χ1v) is 7.07. The first-order valence-electron chi connectivity index (χ1n) is 7.07. The highest BCUT2D eigenvalue weighted by Crippen LogP contribution is 2.39. The molecule has 1 aliphatic heterocycles. The topological polar surface area (TPSA) is 86.3 Å². The van der Waals surface area contributed by atoms with Gasteiger partial charge >= 0.3 is 5.97 Å². The van der Waals surface area contributed by atoms with Gasteiger partial charge in [-0.25, -0.2) is 0 Å². The molecule has 1 saturated carbocycles. The number of hydrogen-bond acceptors (Lipinski definition) is 3. The van der Waals surface area contributed by atoms with Gasteiger partial charge in [-0.1, -0.05) is 0 Å². The van der Waals surface area contributed by atoms with Crippen LogP contribution in [0.1, 0.15) is 54.7 Å². The molecule has 1 aromatic rings. The largest absolute Gasteiger partial charge is 0.481 e. The molecule has 0 radical (unpaired) electrons. The fourth-order valence-electron chi connectivity index (χ4n) is 2.80. The van der Waals surface area contributed by atoms with Gasteiger partial charge in [-0.2, -0.15) is 5.10 Å². The number of amides is 1. The summed E-state index contributed by atoms with van der Waals surface area (Å²) in [4.78, 5) is 25.4. The number of carboxylic acid groups (broad SMARTS) is 1. The first-order chi connectivity index (χ1) is 9.49. The van der Waals surface area contributed by atoms with Gasteiger partial charge in [-0.3, -0.25) is 14.7 Å². The summed E-state index contributed by atoms with van der Waals surface area (Å²) in [7, 11) is 0. The molecule has 1 aliphatic carbocycles. The molecule has 20 heavy (non-hydrogen) atoms. The van der Waals surface area contributed by atoms with Crippen LogP contribution in [0.4, 0.5) is 0 Å². The highest BCUT2D eigenvalue weighted by Gasteiger charge is 2.40. The third-order valence-electron chi connectivity index (χ3n) is 4.33. The molecule has 1 atom stereocenters. The Balaban J connectivity index is 1.73. The van der Waals surface area contributed by atoms with Gasteiger partial charge in [0.15, 0.2) is 0 Å². The molecule has 0 bridgehead atoms. The van der Waals surface area contributed by atoms with Crippen molar-refractivity contribution in [2.24, 2.45) is 5.41 Å². The van der Waals surface area contributed by atoms with Gasteiger partial charge in [-0.15, -0.1) is 0 Å². The molecule has 3 rings (SSSR count). The quantitative estimate of drug-likeness (QED) is 0.879. The molecule has 2 N–H and O–H groups in total. The van der Waals surface area contributed by atoms with Crippen LogP contribution in [0.3, 0.4) is 0 Å². The number of nitrogens with one attached hydrogen (secondary N) is 1. The summed E-state index contributed by atoms with van der Waals surface area (Å²) in [5.41, 5.74) is 0.580. The van der Waals surface area contributed by atoms with Gasteiger partial charge in [0.25, 0.3) is 5.91 Å².